The van der Waals surface area contributed by atoms with Gasteiger partial charge in [0.2, 0.25) is 0 Å². The average Bonchev–Trinajstić information content (AvgIpc) is 2.73. The maximum atomic E-state index is 4.42. The summed E-state index contributed by atoms with van der Waals surface area (Å²) in [6, 6.07) is 12.6. The first-order chi connectivity index (χ1) is 8.25. The first-order valence-corrected chi connectivity index (χ1v) is 5.75. The van der Waals surface area contributed by atoms with E-state index in [2.05, 4.69) is 59.8 Å². The van der Waals surface area contributed by atoms with Gasteiger partial charge in [0.05, 0.1) is 0 Å². The van der Waals surface area contributed by atoms with Gasteiger partial charge in [0.1, 0.15) is 5.65 Å². The molecule has 84 valence electrons. The van der Waals surface area contributed by atoms with Gasteiger partial charge in [-0.1, -0.05) is 30.3 Å². The summed E-state index contributed by atoms with van der Waals surface area (Å²) in [6.45, 7) is 4.18. The smallest absolute Gasteiger partial charge is 0.139 e. The molecule has 0 aliphatic heterocycles. The van der Waals surface area contributed by atoms with Gasteiger partial charge in [-0.15, -0.1) is 0 Å². The molecule has 0 radical (unpaired) electrons. The second-order valence-electron chi connectivity index (χ2n) is 4.37. The lowest BCUT2D eigenvalue weighted by Crippen LogP contribution is -1.92. The normalized spacial score (nSPS) is 10.9. The molecule has 2 aromatic heterocycles. The van der Waals surface area contributed by atoms with E-state index in [-0.39, 0.29) is 0 Å². The Morgan fingerprint density at radius 1 is 1.00 bits per heavy atom. The summed E-state index contributed by atoms with van der Waals surface area (Å²) in [4.78, 5) is 4.42. The molecule has 0 bridgehead atoms. The first-order valence-electron chi connectivity index (χ1n) is 5.75. The van der Waals surface area contributed by atoms with Crippen LogP contribution in [0.25, 0.3) is 16.8 Å². The number of nitrogens with zero attached hydrogens (tertiary/aromatic N) is 2. The fraction of sp³-hybridized carbons (Fsp3) is 0.133. The number of fused-ring (bicyclic) bond motifs is 1. The van der Waals surface area contributed by atoms with Crippen molar-refractivity contribution in [2.24, 2.45) is 0 Å². The predicted octanol–water partition coefficient (Wildman–Crippen LogP) is 3.62. The number of imidazole rings is 1. The van der Waals surface area contributed by atoms with Gasteiger partial charge >= 0.3 is 0 Å². The molecule has 0 fully saturated rings. The lowest BCUT2D eigenvalue weighted by molar-refractivity contribution is 1.10. The molecule has 1 aromatic carbocycles. The van der Waals surface area contributed by atoms with E-state index >= 15 is 0 Å². The van der Waals surface area contributed by atoms with E-state index in [1.165, 1.54) is 22.4 Å². The van der Waals surface area contributed by atoms with Crippen LogP contribution < -0.4 is 0 Å². The van der Waals surface area contributed by atoms with Crippen LogP contribution in [0.2, 0.25) is 0 Å². The largest absolute Gasteiger partial charge is 0.304 e. The van der Waals surface area contributed by atoms with Crippen LogP contribution in [0.15, 0.2) is 48.8 Å². The Morgan fingerprint density at radius 3 is 2.53 bits per heavy atom. The summed E-state index contributed by atoms with van der Waals surface area (Å²) in [5, 5.41) is 0. The van der Waals surface area contributed by atoms with E-state index in [0.717, 1.165) is 5.65 Å². The Hall–Kier alpha value is -2.09. The van der Waals surface area contributed by atoms with Gasteiger partial charge in [0.15, 0.2) is 0 Å². The summed E-state index contributed by atoms with van der Waals surface area (Å²) in [7, 11) is 0. The van der Waals surface area contributed by atoms with E-state index in [1.807, 2.05) is 12.3 Å². The molecule has 0 unspecified atom stereocenters. The van der Waals surface area contributed by atoms with Gasteiger partial charge in [-0.25, -0.2) is 4.98 Å². The van der Waals surface area contributed by atoms with E-state index in [0.29, 0.717) is 0 Å². The summed E-state index contributed by atoms with van der Waals surface area (Å²) < 4.78 is 2.15. The van der Waals surface area contributed by atoms with E-state index in [1.54, 1.807) is 0 Å². The molecule has 2 heterocycles. The Kier molecular flexibility index (Phi) is 2.22. The van der Waals surface area contributed by atoms with Crippen molar-refractivity contribution in [1.29, 1.82) is 0 Å². The maximum absolute atomic E-state index is 4.42. The van der Waals surface area contributed by atoms with Crippen molar-refractivity contribution in [2.45, 2.75) is 13.8 Å². The van der Waals surface area contributed by atoms with Crippen molar-refractivity contribution in [2.75, 3.05) is 0 Å². The monoisotopic (exact) mass is 222 g/mol. The highest BCUT2D eigenvalue weighted by molar-refractivity contribution is 5.67. The number of aromatic nitrogens is 2. The molecule has 3 rings (SSSR count). The van der Waals surface area contributed by atoms with Crippen LogP contribution in [-0.2, 0) is 0 Å². The molecule has 0 saturated heterocycles. The standard InChI is InChI=1S/C15H14N2/c1-11-8-14(13-6-4-3-5-7-13)10-17-12(2)9-16-15(11)17/h3-10H,1-2H3. The third kappa shape index (κ3) is 1.62. The zero-order chi connectivity index (χ0) is 11.8. The van der Waals surface area contributed by atoms with E-state index in [9.17, 15) is 0 Å². The molecule has 2 nitrogen and oxygen atoms in total. The highest BCUT2D eigenvalue weighted by Crippen LogP contribution is 2.22. The van der Waals surface area contributed by atoms with Gasteiger partial charge in [0, 0.05) is 18.1 Å². The van der Waals surface area contributed by atoms with Crippen LogP contribution in [0.5, 0.6) is 0 Å². The van der Waals surface area contributed by atoms with Crippen molar-refractivity contribution in [3.63, 3.8) is 0 Å². The van der Waals surface area contributed by atoms with Gasteiger partial charge in [-0.2, -0.15) is 0 Å². The number of benzene rings is 1. The molecule has 0 aliphatic rings. The molecule has 0 saturated carbocycles. The minimum Gasteiger partial charge on any atom is -0.304 e. The summed E-state index contributed by atoms with van der Waals surface area (Å²) >= 11 is 0. The molecule has 3 aromatic rings. The van der Waals surface area contributed by atoms with Crippen molar-refractivity contribution in [3.8, 4) is 11.1 Å². The molecule has 2 heteroatoms. The first kappa shape index (κ1) is 10.1. The number of aryl methyl sites for hydroxylation is 2. The second-order valence-corrected chi connectivity index (χ2v) is 4.37. The fourth-order valence-electron chi connectivity index (χ4n) is 2.16. The van der Waals surface area contributed by atoms with Crippen molar-refractivity contribution in [1.82, 2.24) is 9.38 Å². The zero-order valence-corrected chi connectivity index (χ0v) is 10.0. The number of hydrogen-bond donors (Lipinski definition) is 0. The van der Waals surface area contributed by atoms with Gasteiger partial charge in [-0.05, 0) is 36.6 Å². The van der Waals surface area contributed by atoms with E-state index < -0.39 is 0 Å². The van der Waals surface area contributed by atoms with Crippen LogP contribution >= 0.6 is 0 Å². The lowest BCUT2D eigenvalue weighted by Gasteiger charge is -2.06. The molecule has 17 heavy (non-hydrogen) atoms. The molecule has 0 atom stereocenters. The Balaban J connectivity index is 2.28. The Morgan fingerprint density at radius 2 is 1.76 bits per heavy atom. The highest BCUT2D eigenvalue weighted by atomic mass is 15.0. The zero-order valence-electron chi connectivity index (χ0n) is 10.0. The minimum atomic E-state index is 1.04. The lowest BCUT2D eigenvalue weighted by atomic mass is 10.1. The molecule has 0 amide bonds. The number of pyridine rings is 1. The molecular weight excluding hydrogens is 208 g/mol. The van der Waals surface area contributed by atoms with Gasteiger partial charge < -0.3 is 4.40 Å². The quantitative estimate of drug-likeness (QED) is 0.614. The molecule has 0 N–H and O–H groups in total. The van der Waals surface area contributed by atoms with Crippen molar-refractivity contribution < 1.29 is 0 Å². The van der Waals surface area contributed by atoms with Crippen LogP contribution in [0, 0.1) is 13.8 Å². The number of hydrogen-bond acceptors (Lipinski definition) is 1. The fourth-order valence-corrected chi connectivity index (χ4v) is 2.16. The maximum Gasteiger partial charge on any atom is 0.139 e. The summed E-state index contributed by atoms with van der Waals surface area (Å²) in [6.07, 6.45) is 4.07. The van der Waals surface area contributed by atoms with Crippen LogP contribution in [0.1, 0.15) is 11.3 Å². The van der Waals surface area contributed by atoms with Gasteiger partial charge in [0.25, 0.3) is 0 Å². The minimum absolute atomic E-state index is 1.04. The Labute approximate surface area is 101 Å². The topological polar surface area (TPSA) is 17.3 Å². The third-order valence-corrected chi connectivity index (χ3v) is 3.08. The van der Waals surface area contributed by atoms with Crippen LogP contribution in [-0.4, -0.2) is 9.38 Å². The SMILES string of the molecule is Cc1cc(-c2ccccc2)cn2c(C)cnc12. The average molecular weight is 222 g/mol. The van der Waals surface area contributed by atoms with Crippen LogP contribution in [0.4, 0.5) is 0 Å². The highest BCUT2D eigenvalue weighted by Gasteiger charge is 2.05. The molecule has 0 aliphatic carbocycles. The Bertz CT molecular complexity index is 666. The van der Waals surface area contributed by atoms with Crippen LogP contribution in [0.3, 0.4) is 0 Å². The van der Waals surface area contributed by atoms with Crippen molar-refractivity contribution >= 4 is 5.65 Å². The van der Waals surface area contributed by atoms with Crippen molar-refractivity contribution in [3.05, 3.63) is 60.0 Å². The summed E-state index contributed by atoms with van der Waals surface area (Å²) in [5.41, 5.74) is 5.89. The summed E-state index contributed by atoms with van der Waals surface area (Å²) in [5.74, 6) is 0. The number of rotatable bonds is 1. The third-order valence-electron chi connectivity index (χ3n) is 3.08. The second kappa shape index (κ2) is 3.74. The molecular formula is C15H14N2. The van der Waals surface area contributed by atoms with E-state index in [4.69, 9.17) is 0 Å². The predicted molar refractivity (Wildman–Crippen MR) is 70.1 cm³/mol. The van der Waals surface area contributed by atoms with Gasteiger partial charge in [-0.3, -0.25) is 0 Å². The molecule has 0 spiro atoms.